The van der Waals surface area contributed by atoms with Crippen molar-refractivity contribution in [2.45, 2.75) is 50.7 Å². The van der Waals surface area contributed by atoms with Gasteiger partial charge in [-0.25, -0.2) is 0 Å². The molecular weight excluding hydrogens is 242 g/mol. The van der Waals surface area contributed by atoms with E-state index in [1.807, 2.05) is 0 Å². The van der Waals surface area contributed by atoms with Crippen molar-refractivity contribution in [3.05, 3.63) is 0 Å². The summed E-state index contributed by atoms with van der Waals surface area (Å²) in [5.41, 5.74) is 0. The topological polar surface area (TPSA) is 116 Å². The molecule has 1 saturated heterocycles. The molecule has 104 valence electrons. The minimum atomic E-state index is -1.26. The van der Waals surface area contributed by atoms with Gasteiger partial charge in [-0.1, -0.05) is 0 Å². The van der Waals surface area contributed by atoms with Crippen LogP contribution in [0.1, 0.15) is 20.3 Å². The maximum Gasteiger partial charge on any atom is 0.217 e. The number of hydrogen-bond acceptors (Lipinski definition) is 6. The van der Waals surface area contributed by atoms with Gasteiger partial charge >= 0.3 is 0 Å². The summed E-state index contributed by atoms with van der Waals surface area (Å²) in [7, 11) is 0. The molecule has 1 rings (SSSR count). The summed E-state index contributed by atoms with van der Waals surface area (Å²) in [6.45, 7) is 2.09. The summed E-state index contributed by atoms with van der Waals surface area (Å²) in [4.78, 5) is 22.1. The molecule has 0 unspecified atom stereocenters. The molecule has 0 saturated carbocycles. The third-order valence-electron chi connectivity index (χ3n) is 2.86. The molecular formula is C11H19NO6. The number of Topliss-reactive ketones (excluding diaryl/α,β-unsaturated/α-hetero) is 1. The van der Waals surface area contributed by atoms with Crippen LogP contribution in [0.3, 0.4) is 0 Å². The lowest BCUT2D eigenvalue weighted by molar-refractivity contribution is -0.124. The molecule has 4 N–H and O–H groups in total. The quantitative estimate of drug-likeness (QED) is 0.453. The van der Waals surface area contributed by atoms with Gasteiger partial charge in [0.25, 0.3) is 0 Å². The molecule has 7 heteroatoms. The molecule has 7 nitrogen and oxygen atoms in total. The van der Waals surface area contributed by atoms with E-state index >= 15 is 0 Å². The zero-order chi connectivity index (χ0) is 13.9. The Kier molecular flexibility index (Phi) is 5.21. The Bertz CT molecular complexity index is 321. The Hall–Kier alpha value is -1.02. The normalized spacial score (nSPS) is 33.2. The summed E-state index contributed by atoms with van der Waals surface area (Å²) in [6.07, 6.45) is -4.12. The lowest BCUT2D eigenvalue weighted by atomic mass is 9.99. The lowest BCUT2D eigenvalue weighted by Crippen LogP contribution is -2.49. The minimum absolute atomic E-state index is 0.0245. The third kappa shape index (κ3) is 3.49. The number of carbonyl (C=O) groups excluding carboxylic acids is 2. The van der Waals surface area contributed by atoms with Crippen LogP contribution in [-0.4, -0.2) is 64.1 Å². The second-order valence-electron chi connectivity index (χ2n) is 4.51. The molecule has 1 heterocycles. The zero-order valence-corrected chi connectivity index (χ0v) is 10.4. The number of nitrogens with one attached hydrogen (secondary N) is 1. The van der Waals surface area contributed by atoms with Gasteiger partial charge in [0.15, 0.2) is 0 Å². The van der Waals surface area contributed by atoms with Gasteiger partial charge in [-0.2, -0.15) is 0 Å². The number of aliphatic hydroxyl groups excluding tert-OH is 3. The van der Waals surface area contributed by atoms with Crippen LogP contribution in [0.25, 0.3) is 0 Å². The molecule has 18 heavy (non-hydrogen) atoms. The van der Waals surface area contributed by atoms with Gasteiger partial charge < -0.3 is 25.4 Å². The van der Waals surface area contributed by atoms with E-state index in [1.54, 1.807) is 0 Å². The van der Waals surface area contributed by atoms with E-state index in [0.29, 0.717) is 0 Å². The number of amides is 1. The average Bonchev–Trinajstić information content (AvgIpc) is 2.55. The number of ether oxygens (including phenoxy) is 1. The Morgan fingerprint density at radius 1 is 1.39 bits per heavy atom. The van der Waals surface area contributed by atoms with E-state index in [0.717, 1.165) is 0 Å². The highest BCUT2D eigenvalue weighted by atomic mass is 16.5. The Labute approximate surface area is 105 Å². The maximum absolute atomic E-state index is 11.1. The lowest BCUT2D eigenvalue weighted by Gasteiger charge is -2.21. The van der Waals surface area contributed by atoms with Crippen LogP contribution >= 0.6 is 0 Å². The Morgan fingerprint density at radius 2 is 2.00 bits per heavy atom. The summed E-state index contributed by atoms with van der Waals surface area (Å²) < 4.78 is 5.36. The molecule has 0 bridgehead atoms. The van der Waals surface area contributed by atoms with E-state index in [1.165, 1.54) is 13.8 Å². The number of rotatable bonds is 5. The van der Waals surface area contributed by atoms with E-state index < -0.39 is 37.1 Å². The number of hydrogen-bond donors (Lipinski definition) is 4. The molecule has 1 aliphatic rings. The second-order valence-corrected chi connectivity index (χ2v) is 4.51. The van der Waals surface area contributed by atoms with Crippen molar-refractivity contribution in [3.63, 3.8) is 0 Å². The van der Waals surface area contributed by atoms with Gasteiger partial charge in [0.2, 0.25) is 5.91 Å². The second kappa shape index (κ2) is 6.24. The highest BCUT2D eigenvalue weighted by Crippen LogP contribution is 2.26. The van der Waals surface area contributed by atoms with Crippen molar-refractivity contribution in [1.82, 2.24) is 5.32 Å². The largest absolute Gasteiger partial charge is 0.394 e. The van der Waals surface area contributed by atoms with E-state index in [2.05, 4.69) is 5.32 Å². The van der Waals surface area contributed by atoms with Gasteiger partial charge in [0, 0.05) is 13.3 Å². The van der Waals surface area contributed by atoms with Crippen molar-refractivity contribution in [2.24, 2.45) is 0 Å². The number of ketones is 1. The van der Waals surface area contributed by atoms with Gasteiger partial charge in [-0.05, 0) is 6.92 Å². The first-order valence-corrected chi connectivity index (χ1v) is 5.75. The minimum Gasteiger partial charge on any atom is -0.394 e. The van der Waals surface area contributed by atoms with E-state index in [9.17, 15) is 19.8 Å². The zero-order valence-electron chi connectivity index (χ0n) is 10.4. The SMILES string of the molecule is CC(=O)C[C@H]1O[C@H]([C@H](O)CO)[C@H](O)[C@@H]1NC(C)=O. The molecule has 0 aromatic heterocycles. The molecule has 0 spiro atoms. The van der Waals surface area contributed by atoms with Crippen LogP contribution in [0.2, 0.25) is 0 Å². The highest BCUT2D eigenvalue weighted by molar-refractivity contribution is 5.77. The van der Waals surface area contributed by atoms with Gasteiger partial charge in [-0.3, -0.25) is 9.59 Å². The summed E-state index contributed by atoms with van der Waals surface area (Å²) in [6, 6.07) is -0.766. The molecule has 0 aliphatic carbocycles. The van der Waals surface area contributed by atoms with Crippen LogP contribution in [0.5, 0.6) is 0 Å². The molecule has 0 radical (unpaired) electrons. The summed E-state index contributed by atoms with van der Waals surface area (Å²) >= 11 is 0. The van der Waals surface area contributed by atoms with Crippen molar-refractivity contribution < 1.29 is 29.6 Å². The average molecular weight is 261 g/mol. The molecule has 5 atom stereocenters. The molecule has 1 amide bonds. The first kappa shape index (κ1) is 15.0. The van der Waals surface area contributed by atoms with Gasteiger partial charge in [-0.15, -0.1) is 0 Å². The van der Waals surface area contributed by atoms with Crippen LogP contribution in [0.4, 0.5) is 0 Å². The highest BCUT2D eigenvalue weighted by Gasteiger charge is 2.47. The monoisotopic (exact) mass is 261 g/mol. The van der Waals surface area contributed by atoms with E-state index in [-0.39, 0.29) is 18.1 Å². The third-order valence-corrected chi connectivity index (χ3v) is 2.86. The van der Waals surface area contributed by atoms with Crippen molar-refractivity contribution in [1.29, 1.82) is 0 Å². The standard InChI is InChI=1S/C11H19NO6/c1-5(14)3-8-9(12-6(2)15)10(17)11(18-8)7(16)4-13/h7-11,13,16-17H,3-4H2,1-2H3,(H,12,15)/t7-,8-,9-,10-,11-/m1/s1. The summed E-state index contributed by atoms with van der Waals surface area (Å²) in [5, 5.41) is 30.8. The van der Waals surface area contributed by atoms with E-state index in [4.69, 9.17) is 9.84 Å². The van der Waals surface area contributed by atoms with Gasteiger partial charge in [0.1, 0.15) is 24.1 Å². The molecule has 0 aromatic rings. The Morgan fingerprint density at radius 3 is 2.44 bits per heavy atom. The van der Waals surface area contributed by atoms with Crippen molar-refractivity contribution in [2.75, 3.05) is 6.61 Å². The predicted molar refractivity (Wildman–Crippen MR) is 60.7 cm³/mol. The fourth-order valence-corrected chi connectivity index (χ4v) is 2.08. The van der Waals surface area contributed by atoms with Crippen LogP contribution < -0.4 is 5.32 Å². The van der Waals surface area contributed by atoms with Crippen molar-refractivity contribution in [3.8, 4) is 0 Å². The van der Waals surface area contributed by atoms with Crippen LogP contribution in [0.15, 0.2) is 0 Å². The van der Waals surface area contributed by atoms with Gasteiger partial charge in [0.05, 0.1) is 18.8 Å². The number of carbonyl (C=O) groups is 2. The Balaban J connectivity index is 2.80. The fourth-order valence-electron chi connectivity index (χ4n) is 2.08. The van der Waals surface area contributed by atoms with Crippen molar-refractivity contribution >= 4 is 11.7 Å². The maximum atomic E-state index is 11.1. The number of aliphatic hydroxyl groups is 3. The van der Waals surface area contributed by atoms with Crippen LogP contribution in [0, 0.1) is 0 Å². The molecule has 0 aromatic carbocycles. The molecule has 1 fully saturated rings. The smallest absolute Gasteiger partial charge is 0.217 e. The van der Waals surface area contributed by atoms with Crippen LogP contribution in [-0.2, 0) is 14.3 Å². The predicted octanol–water partition coefficient (Wildman–Crippen LogP) is -2.05. The first-order chi connectivity index (χ1) is 8.36. The first-order valence-electron chi connectivity index (χ1n) is 5.75. The fraction of sp³-hybridized carbons (Fsp3) is 0.818. The molecule has 1 aliphatic heterocycles. The summed E-state index contributed by atoms with van der Waals surface area (Å²) in [5.74, 6) is -0.517.